The zero-order valence-electron chi connectivity index (χ0n) is 17.8. The summed E-state index contributed by atoms with van der Waals surface area (Å²) in [7, 11) is 3.65. The molecule has 1 aliphatic carbocycles. The molecule has 1 aliphatic heterocycles. The van der Waals surface area contributed by atoms with Crippen molar-refractivity contribution in [2.24, 2.45) is 10.4 Å². The number of hydrogen-bond acceptors (Lipinski definition) is 3. The predicted molar refractivity (Wildman–Crippen MR) is 117 cm³/mol. The van der Waals surface area contributed by atoms with Crippen molar-refractivity contribution in [2.75, 3.05) is 40.4 Å². The van der Waals surface area contributed by atoms with Crippen LogP contribution in [0.2, 0.25) is 0 Å². The molecule has 0 aromatic heterocycles. The number of ether oxygens (including phenoxy) is 1. The minimum absolute atomic E-state index is 0.389. The first-order chi connectivity index (χ1) is 13.7. The normalized spacial score (nSPS) is 19.9. The van der Waals surface area contributed by atoms with Gasteiger partial charge >= 0.3 is 0 Å². The van der Waals surface area contributed by atoms with E-state index in [2.05, 4.69) is 44.8 Å². The summed E-state index contributed by atoms with van der Waals surface area (Å²) in [6.45, 7) is 6.16. The van der Waals surface area contributed by atoms with Crippen LogP contribution in [0.1, 0.15) is 56.1 Å². The van der Waals surface area contributed by atoms with Gasteiger partial charge in [-0.05, 0) is 61.7 Å². The maximum atomic E-state index is 5.31. The van der Waals surface area contributed by atoms with Crippen LogP contribution in [0, 0.1) is 5.41 Å². The highest BCUT2D eigenvalue weighted by Crippen LogP contribution is 2.43. The number of nitrogens with zero attached hydrogens (tertiary/aromatic N) is 2. The minimum atomic E-state index is 0.389. The number of nitrogens with one attached hydrogen (secondary N) is 2. The van der Waals surface area contributed by atoms with E-state index < -0.39 is 0 Å². The molecule has 2 aliphatic rings. The molecule has 5 nitrogen and oxygen atoms in total. The highest BCUT2D eigenvalue weighted by molar-refractivity contribution is 5.79. The maximum Gasteiger partial charge on any atom is 0.191 e. The van der Waals surface area contributed by atoms with E-state index in [0.717, 1.165) is 38.6 Å². The third kappa shape index (κ3) is 5.95. The van der Waals surface area contributed by atoms with Crippen molar-refractivity contribution in [3.05, 3.63) is 35.4 Å². The molecule has 2 N–H and O–H groups in total. The lowest BCUT2D eigenvalue weighted by molar-refractivity contribution is 0.0732. The Hall–Kier alpha value is -1.59. The van der Waals surface area contributed by atoms with E-state index in [1.807, 2.05) is 7.05 Å². The van der Waals surface area contributed by atoms with Crippen LogP contribution in [0.25, 0.3) is 0 Å². The van der Waals surface area contributed by atoms with Gasteiger partial charge in [-0.2, -0.15) is 0 Å². The molecule has 0 atom stereocenters. The van der Waals surface area contributed by atoms with Gasteiger partial charge in [-0.3, -0.25) is 9.89 Å². The summed E-state index contributed by atoms with van der Waals surface area (Å²) in [5.74, 6) is 0.900. The monoisotopic (exact) mass is 386 g/mol. The van der Waals surface area contributed by atoms with Gasteiger partial charge in [0, 0.05) is 40.4 Å². The lowest BCUT2D eigenvalue weighted by Crippen LogP contribution is -2.46. The number of aliphatic imine (C=N–C) groups is 1. The summed E-state index contributed by atoms with van der Waals surface area (Å²) in [5, 5.41) is 7.09. The number of hydrogen-bond donors (Lipinski definition) is 2. The fraction of sp³-hybridized carbons (Fsp3) is 0.696. The second-order valence-corrected chi connectivity index (χ2v) is 8.48. The van der Waals surface area contributed by atoms with Crippen molar-refractivity contribution < 1.29 is 4.74 Å². The summed E-state index contributed by atoms with van der Waals surface area (Å²) in [6, 6.07) is 8.81. The number of benzene rings is 1. The molecule has 1 heterocycles. The van der Waals surface area contributed by atoms with Gasteiger partial charge in [-0.15, -0.1) is 0 Å². The first kappa shape index (κ1) is 21.1. The highest BCUT2D eigenvalue weighted by Gasteiger charge is 2.36. The van der Waals surface area contributed by atoms with Gasteiger partial charge in [0.05, 0.1) is 0 Å². The molecule has 1 saturated carbocycles. The fourth-order valence-electron chi connectivity index (χ4n) is 4.42. The molecule has 1 saturated heterocycles. The zero-order chi connectivity index (χ0) is 19.7. The van der Waals surface area contributed by atoms with Gasteiger partial charge in [0.25, 0.3) is 0 Å². The molecule has 2 fully saturated rings. The van der Waals surface area contributed by atoms with Crippen molar-refractivity contribution in [3.63, 3.8) is 0 Å². The van der Waals surface area contributed by atoms with E-state index in [9.17, 15) is 0 Å². The standard InChI is InChI=1S/C23H38N4O/c1-24-22(26-19-23(11-8-12-23)13-16-28-2)25-17-20-9-4-5-10-21(20)18-27-14-6-3-7-15-27/h4-5,9-10H,3,6-8,11-19H2,1-2H3,(H2,24,25,26). The molecule has 0 radical (unpaired) electrons. The smallest absolute Gasteiger partial charge is 0.191 e. The summed E-state index contributed by atoms with van der Waals surface area (Å²) in [4.78, 5) is 7.03. The van der Waals surface area contributed by atoms with Crippen molar-refractivity contribution >= 4 is 5.96 Å². The molecule has 0 amide bonds. The van der Waals surface area contributed by atoms with E-state index in [4.69, 9.17) is 4.74 Å². The molecule has 0 spiro atoms. The first-order valence-corrected chi connectivity index (χ1v) is 11.0. The predicted octanol–water partition coefficient (Wildman–Crippen LogP) is 3.54. The molecular formula is C23H38N4O. The Labute approximate surface area is 170 Å². The fourth-order valence-corrected chi connectivity index (χ4v) is 4.42. The van der Waals surface area contributed by atoms with E-state index in [-0.39, 0.29) is 0 Å². The highest BCUT2D eigenvalue weighted by atomic mass is 16.5. The first-order valence-electron chi connectivity index (χ1n) is 11.0. The number of likely N-dealkylation sites (tertiary alicyclic amines) is 1. The van der Waals surface area contributed by atoms with Crippen molar-refractivity contribution in [1.82, 2.24) is 15.5 Å². The average Bonchev–Trinajstić information content (AvgIpc) is 2.71. The van der Waals surface area contributed by atoms with E-state index >= 15 is 0 Å². The number of methoxy groups -OCH3 is 1. The number of guanidine groups is 1. The van der Waals surface area contributed by atoms with Crippen molar-refractivity contribution in [1.29, 1.82) is 0 Å². The molecule has 0 bridgehead atoms. The van der Waals surface area contributed by atoms with Crippen molar-refractivity contribution in [3.8, 4) is 0 Å². The summed E-state index contributed by atoms with van der Waals surface area (Å²) in [5.41, 5.74) is 3.19. The van der Waals surface area contributed by atoms with Crippen LogP contribution >= 0.6 is 0 Å². The van der Waals surface area contributed by atoms with Gasteiger partial charge in [-0.25, -0.2) is 0 Å². The molecular weight excluding hydrogens is 348 g/mol. The van der Waals surface area contributed by atoms with Gasteiger partial charge in [0.1, 0.15) is 0 Å². The van der Waals surface area contributed by atoms with Crippen LogP contribution in [0.5, 0.6) is 0 Å². The van der Waals surface area contributed by atoms with Crippen LogP contribution in [0.4, 0.5) is 0 Å². The van der Waals surface area contributed by atoms with Crippen LogP contribution in [-0.4, -0.2) is 51.3 Å². The van der Waals surface area contributed by atoms with E-state index in [1.54, 1.807) is 7.11 Å². The van der Waals surface area contributed by atoms with Crippen LogP contribution in [0.3, 0.4) is 0 Å². The van der Waals surface area contributed by atoms with Gasteiger partial charge in [-0.1, -0.05) is 37.1 Å². The molecule has 1 aromatic carbocycles. The van der Waals surface area contributed by atoms with E-state index in [0.29, 0.717) is 5.41 Å². The van der Waals surface area contributed by atoms with Crippen LogP contribution in [-0.2, 0) is 17.8 Å². The molecule has 0 unspecified atom stereocenters. The summed E-state index contributed by atoms with van der Waals surface area (Å²) < 4.78 is 5.31. The molecule has 1 aromatic rings. The van der Waals surface area contributed by atoms with Crippen LogP contribution < -0.4 is 10.6 Å². The number of piperidine rings is 1. The lowest BCUT2D eigenvalue weighted by atomic mass is 9.67. The Kier molecular flexibility index (Phi) is 8.16. The maximum absolute atomic E-state index is 5.31. The third-order valence-electron chi connectivity index (χ3n) is 6.51. The Morgan fingerprint density at radius 3 is 2.46 bits per heavy atom. The number of rotatable bonds is 9. The Balaban J connectivity index is 1.51. The van der Waals surface area contributed by atoms with E-state index in [1.165, 1.54) is 62.7 Å². The lowest BCUT2D eigenvalue weighted by Gasteiger charge is -2.42. The largest absolute Gasteiger partial charge is 0.385 e. The second kappa shape index (κ2) is 10.8. The molecule has 3 rings (SSSR count). The SMILES string of the molecule is CN=C(NCc1ccccc1CN1CCCCC1)NCC1(CCOC)CCC1. The van der Waals surface area contributed by atoms with Crippen molar-refractivity contribution in [2.45, 2.75) is 58.0 Å². The van der Waals surface area contributed by atoms with Gasteiger partial charge in [0.2, 0.25) is 0 Å². The average molecular weight is 387 g/mol. The molecule has 28 heavy (non-hydrogen) atoms. The third-order valence-corrected chi connectivity index (χ3v) is 6.51. The van der Waals surface area contributed by atoms with Gasteiger partial charge < -0.3 is 15.4 Å². The molecule has 5 heteroatoms. The van der Waals surface area contributed by atoms with Crippen LogP contribution in [0.15, 0.2) is 29.3 Å². The molecule has 156 valence electrons. The Bertz CT molecular complexity index is 621. The topological polar surface area (TPSA) is 48.9 Å². The summed E-state index contributed by atoms with van der Waals surface area (Å²) in [6.07, 6.45) is 9.10. The van der Waals surface area contributed by atoms with Gasteiger partial charge in [0.15, 0.2) is 5.96 Å². The zero-order valence-corrected chi connectivity index (χ0v) is 17.8. The second-order valence-electron chi connectivity index (χ2n) is 8.48. The quantitative estimate of drug-likeness (QED) is 0.503. The Morgan fingerprint density at radius 1 is 1.07 bits per heavy atom. The summed E-state index contributed by atoms with van der Waals surface area (Å²) >= 11 is 0. The Morgan fingerprint density at radius 2 is 1.82 bits per heavy atom. The minimum Gasteiger partial charge on any atom is -0.385 e.